The van der Waals surface area contributed by atoms with E-state index in [0.29, 0.717) is 36.0 Å². The molecule has 3 rings (SSSR count). The van der Waals surface area contributed by atoms with E-state index in [1.54, 1.807) is 6.92 Å². The summed E-state index contributed by atoms with van der Waals surface area (Å²) in [5.74, 6) is 0.924. The molecule has 1 aromatic carbocycles. The van der Waals surface area contributed by atoms with Crippen molar-refractivity contribution < 1.29 is 9.32 Å². The fraction of sp³-hybridized carbons (Fsp3) is 0.412. The number of aromatic nitrogens is 1. The van der Waals surface area contributed by atoms with Gasteiger partial charge in [0, 0.05) is 18.2 Å². The minimum Gasteiger partial charge on any atom is -0.360 e. The van der Waals surface area contributed by atoms with E-state index < -0.39 is 0 Å². The Morgan fingerprint density at radius 3 is 2.70 bits per heavy atom. The summed E-state index contributed by atoms with van der Waals surface area (Å²) < 4.78 is 5.30. The van der Waals surface area contributed by atoms with Gasteiger partial charge >= 0.3 is 0 Å². The Bertz CT molecular complexity index is 672. The molecule has 0 radical (unpaired) electrons. The lowest BCUT2D eigenvalue weighted by atomic mass is 10.0. The fourth-order valence-corrected chi connectivity index (χ4v) is 3.16. The Balaban J connectivity index is 0.00000192. The predicted molar refractivity (Wildman–Crippen MR) is 91.6 cm³/mol. The topological polar surface area (TPSA) is 72.4 Å². The SMILES string of the molecule is Cc1onc(-c2ccccc2)c1C(=O)N1CC(CN)CC1C.Cl. The summed E-state index contributed by atoms with van der Waals surface area (Å²) in [5, 5.41) is 4.10. The molecule has 0 bridgehead atoms. The van der Waals surface area contributed by atoms with Gasteiger partial charge in [0.1, 0.15) is 17.0 Å². The minimum atomic E-state index is -0.0129. The van der Waals surface area contributed by atoms with E-state index in [2.05, 4.69) is 12.1 Å². The van der Waals surface area contributed by atoms with Gasteiger partial charge in [-0.05, 0) is 32.7 Å². The van der Waals surface area contributed by atoms with Gasteiger partial charge in [0.2, 0.25) is 0 Å². The monoisotopic (exact) mass is 335 g/mol. The maximum absolute atomic E-state index is 13.0. The van der Waals surface area contributed by atoms with Crippen molar-refractivity contribution in [1.29, 1.82) is 0 Å². The highest BCUT2D eigenvalue weighted by Crippen LogP contribution is 2.30. The number of nitrogens with two attached hydrogens (primary N) is 1. The molecular weight excluding hydrogens is 314 g/mol. The van der Waals surface area contributed by atoms with Gasteiger partial charge in [-0.3, -0.25) is 4.79 Å². The van der Waals surface area contributed by atoms with Crippen LogP contribution in [0.4, 0.5) is 0 Å². The number of hydrogen-bond acceptors (Lipinski definition) is 4. The summed E-state index contributed by atoms with van der Waals surface area (Å²) in [6, 6.07) is 9.85. The van der Waals surface area contributed by atoms with Gasteiger partial charge in [-0.1, -0.05) is 35.5 Å². The minimum absolute atomic E-state index is 0. The molecule has 2 unspecified atom stereocenters. The number of rotatable bonds is 3. The number of benzene rings is 1. The van der Waals surface area contributed by atoms with Gasteiger partial charge in [-0.25, -0.2) is 0 Å². The zero-order valence-electron chi connectivity index (χ0n) is 13.4. The van der Waals surface area contributed by atoms with Crippen LogP contribution in [0.2, 0.25) is 0 Å². The largest absolute Gasteiger partial charge is 0.360 e. The van der Waals surface area contributed by atoms with Crippen molar-refractivity contribution in [1.82, 2.24) is 10.1 Å². The molecular formula is C17H22ClN3O2. The van der Waals surface area contributed by atoms with E-state index in [-0.39, 0.29) is 24.4 Å². The van der Waals surface area contributed by atoms with Gasteiger partial charge in [-0.2, -0.15) is 0 Å². The first-order valence-electron chi connectivity index (χ1n) is 7.64. The van der Waals surface area contributed by atoms with Crippen LogP contribution in [0.25, 0.3) is 11.3 Å². The molecule has 0 aliphatic carbocycles. The number of aryl methyl sites for hydroxylation is 1. The summed E-state index contributed by atoms with van der Waals surface area (Å²) >= 11 is 0. The quantitative estimate of drug-likeness (QED) is 0.936. The maximum Gasteiger partial charge on any atom is 0.259 e. The summed E-state index contributed by atoms with van der Waals surface area (Å²) in [4.78, 5) is 14.9. The third kappa shape index (κ3) is 3.26. The lowest BCUT2D eigenvalue weighted by Gasteiger charge is -2.21. The number of halogens is 1. The Morgan fingerprint density at radius 2 is 2.09 bits per heavy atom. The zero-order valence-corrected chi connectivity index (χ0v) is 14.2. The number of carbonyl (C=O) groups is 1. The second-order valence-electron chi connectivity index (χ2n) is 5.97. The smallest absolute Gasteiger partial charge is 0.259 e. The Hall–Kier alpha value is -1.85. The number of nitrogens with zero attached hydrogens (tertiary/aromatic N) is 2. The van der Waals surface area contributed by atoms with Crippen molar-refractivity contribution in [2.24, 2.45) is 11.7 Å². The summed E-state index contributed by atoms with van der Waals surface area (Å²) in [6.45, 7) is 5.17. The first-order valence-corrected chi connectivity index (χ1v) is 7.64. The highest BCUT2D eigenvalue weighted by atomic mass is 35.5. The van der Waals surface area contributed by atoms with Crippen LogP contribution in [0.5, 0.6) is 0 Å². The van der Waals surface area contributed by atoms with Crippen LogP contribution in [0.1, 0.15) is 29.5 Å². The van der Waals surface area contributed by atoms with Gasteiger partial charge in [0.25, 0.3) is 5.91 Å². The Kier molecular flexibility index (Phi) is 5.44. The second-order valence-corrected chi connectivity index (χ2v) is 5.97. The Labute approximate surface area is 142 Å². The van der Waals surface area contributed by atoms with Crippen molar-refractivity contribution >= 4 is 18.3 Å². The molecule has 0 spiro atoms. The highest BCUT2D eigenvalue weighted by molar-refractivity contribution is 6.01. The maximum atomic E-state index is 13.0. The summed E-state index contributed by atoms with van der Waals surface area (Å²) in [5.41, 5.74) is 7.84. The van der Waals surface area contributed by atoms with Crippen LogP contribution in [0.3, 0.4) is 0 Å². The van der Waals surface area contributed by atoms with Gasteiger partial charge in [-0.15, -0.1) is 12.4 Å². The molecule has 1 aliphatic heterocycles. The number of hydrogen-bond donors (Lipinski definition) is 1. The van der Waals surface area contributed by atoms with E-state index in [9.17, 15) is 4.79 Å². The van der Waals surface area contributed by atoms with Gasteiger partial charge in [0.05, 0.1) is 0 Å². The van der Waals surface area contributed by atoms with Crippen molar-refractivity contribution in [3.05, 3.63) is 41.7 Å². The predicted octanol–water partition coefficient (Wildman–Crippen LogP) is 2.88. The van der Waals surface area contributed by atoms with Crippen LogP contribution < -0.4 is 5.73 Å². The standard InChI is InChI=1S/C17H21N3O2.ClH/c1-11-8-13(9-18)10-20(11)17(21)15-12(2)22-19-16(15)14-6-4-3-5-7-14;/h3-7,11,13H,8-10,18H2,1-2H3;1H. The first-order chi connectivity index (χ1) is 10.6. The summed E-state index contributed by atoms with van der Waals surface area (Å²) in [7, 11) is 0. The van der Waals surface area contributed by atoms with Crippen LogP contribution in [-0.2, 0) is 0 Å². The molecule has 1 fully saturated rings. The number of carbonyl (C=O) groups excluding carboxylic acids is 1. The van der Waals surface area contributed by atoms with Gasteiger partial charge < -0.3 is 15.2 Å². The summed E-state index contributed by atoms with van der Waals surface area (Å²) in [6.07, 6.45) is 0.952. The molecule has 6 heteroatoms. The zero-order chi connectivity index (χ0) is 15.7. The van der Waals surface area contributed by atoms with E-state index >= 15 is 0 Å². The normalized spacial score (nSPS) is 20.4. The molecule has 5 nitrogen and oxygen atoms in total. The molecule has 1 saturated heterocycles. The van der Waals surface area contributed by atoms with Crippen molar-refractivity contribution in [2.75, 3.05) is 13.1 Å². The van der Waals surface area contributed by atoms with E-state index in [4.69, 9.17) is 10.3 Å². The van der Waals surface area contributed by atoms with Crippen LogP contribution in [0, 0.1) is 12.8 Å². The average molecular weight is 336 g/mol. The first kappa shape index (κ1) is 17.5. The van der Waals surface area contributed by atoms with Crippen molar-refractivity contribution in [3.63, 3.8) is 0 Å². The van der Waals surface area contributed by atoms with Crippen LogP contribution in [-0.4, -0.2) is 35.1 Å². The molecule has 2 atom stereocenters. The van der Waals surface area contributed by atoms with Crippen molar-refractivity contribution in [2.45, 2.75) is 26.3 Å². The molecule has 2 heterocycles. The van der Waals surface area contributed by atoms with E-state index in [0.717, 1.165) is 12.0 Å². The Morgan fingerprint density at radius 1 is 1.39 bits per heavy atom. The molecule has 1 aromatic heterocycles. The highest BCUT2D eigenvalue weighted by Gasteiger charge is 2.35. The van der Waals surface area contributed by atoms with Crippen LogP contribution in [0.15, 0.2) is 34.9 Å². The molecule has 1 aliphatic rings. The van der Waals surface area contributed by atoms with Gasteiger partial charge in [0.15, 0.2) is 0 Å². The second kappa shape index (κ2) is 7.15. The third-order valence-corrected chi connectivity index (χ3v) is 4.38. The lowest BCUT2D eigenvalue weighted by Crippen LogP contribution is -2.34. The third-order valence-electron chi connectivity index (χ3n) is 4.38. The average Bonchev–Trinajstić information content (AvgIpc) is 3.10. The molecule has 23 heavy (non-hydrogen) atoms. The molecule has 0 saturated carbocycles. The van der Waals surface area contributed by atoms with Crippen molar-refractivity contribution in [3.8, 4) is 11.3 Å². The molecule has 2 aromatic rings. The lowest BCUT2D eigenvalue weighted by molar-refractivity contribution is 0.0742. The number of amides is 1. The number of likely N-dealkylation sites (tertiary alicyclic amines) is 1. The van der Waals surface area contributed by atoms with Crippen LogP contribution >= 0.6 is 12.4 Å². The molecule has 1 amide bonds. The molecule has 124 valence electrons. The molecule has 2 N–H and O–H groups in total. The van der Waals surface area contributed by atoms with E-state index in [1.165, 1.54) is 0 Å². The fourth-order valence-electron chi connectivity index (χ4n) is 3.16. The van der Waals surface area contributed by atoms with E-state index in [1.807, 2.05) is 35.2 Å².